The van der Waals surface area contributed by atoms with E-state index in [1.54, 1.807) is 6.08 Å². The molecule has 19 nitrogen and oxygen atoms in total. The SMILES string of the molecule is CC/C=C\C/C=C\C/C=C\C/C=C\C/C=C\C/C=C\C/C=C\C/C=C\CCCCCCCCCCCCCCCCCCC(=O)NC(COC1OC(CO)C(OC2OC(CO)C(OC3OC(CO)C(O)C(O)C3O)C(O)C2O)C(O)C1O)C(O)/C=C/CCCCCCCCCCCCCC. The number of carbonyl (C=O) groups excluding carboxylic acids is 1. The van der Waals surface area contributed by atoms with Crippen molar-refractivity contribution in [1.82, 2.24) is 5.32 Å². The maximum Gasteiger partial charge on any atom is 0.220 e. The first-order valence-electron chi connectivity index (χ1n) is 39.1. The first kappa shape index (κ1) is 90.7. The predicted octanol–water partition coefficient (Wildman–Crippen LogP) is 12.6. The Kier molecular flexibility index (Phi) is 55.0. The lowest BCUT2D eigenvalue weighted by atomic mass is 9.96. The van der Waals surface area contributed by atoms with Crippen molar-refractivity contribution in [3.8, 4) is 0 Å². The van der Waals surface area contributed by atoms with E-state index in [4.69, 9.17) is 28.4 Å². The molecule has 3 aliphatic rings. The predicted molar refractivity (Wildman–Crippen MR) is 397 cm³/mol. The zero-order valence-corrected chi connectivity index (χ0v) is 61.4. The fourth-order valence-electron chi connectivity index (χ4n) is 12.6. The van der Waals surface area contributed by atoms with Crippen LogP contribution >= 0.6 is 0 Å². The highest BCUT2D eigenvalue weighted by Gasteiger charge is 2.53. The molecule has 0 spiro atoms. The Hall–Kier alpha value is -3.55. The van der Waals surface area contributed by atoms with Gasteiger partial charge in [-0.3, -0.25) is 4.79 Å². The molecule has 3 saturated heterocycles. The molecule has 3 rings (SSSR count). The minimum atomic E-state index is -1.98. The van der Waals surface area contributed by atoms with E-state index in [0.717, 1.165) is 96.3 Å². The van der Waals surface area contributed by atoms with E-state index < -0.39 is 124 Å². The summed E-state index contributed by atoms with van der Waals surface area (Å²) in [6.45, 7) is 1.61. The summed E-state index contributed by atoms with van der Waals surface area (Å²) in [7, 11) is 0. The Morgan fingerprint density at radius 2 is 0.690 bits per heavy atom. The van der Waals surface area contributed by atoms with Crippen LogP contribution in [-0.2, 0) is 33.2 Å². The molecule has 576 valence electrons. The first-order chi connectivity index (χ1) is 48.8. The van der Waals surface area contributed by atoms with Crippen molar-refractivity contribution in [1.29, 1.82) is 0 Å². The van der Waals surface area contributed by atoms with Crippen LogP contribution in [0.5, 0.6) is 0 Å². The number of nitrogens with one attached hydrogen (secondary N) is 1. The van der Waals surface area contributed by atoms with Crippen molar-refractivity contribution in [2.24, 2.45) is 0 Å². The quantitative estimate of drug-likeness (QED) is 0.0199. The van der Waals surface area contributed by atoms with Gasteiger partial charge in [0.05, 0.1) is 38.6 Å². The van der Waals surface area contributed by atoms with E-state index in [1.165, 1.54) is 141 Å². The van der Waals surface area contributed by atoms with Crippen LogP contribution in [0.15, 0.2) is 109 Å². The van der Waals surface area contributed by atoms with Crippen molar-refractivity contribution in [3.05, 3.63) is 109 Å². The second-order valence-electron chi connectivity index (χ2n) is 27.4. The molecule has 17 unspecified atom stereocenters. The smallest absolute Gasteiger partial charge is 0.220 e. The standard InChI is InChI=1S/C81H139NO18/c1-3-5-7-9-11-13-15-17-19-20-21-22-23-24-25-26-27-28-29-30-31-32-33-34-35-36-37-38-39-40-41-42-43-44-45-47-49-51-53-55-57-59-69(87)82-64(65(86)58-56-54-52-50-48-46-18-16-14-12-10-8-6-4-2)63-95-79-75(93)72(90)77(67(61-84)97-79)100-81-76(94)73(91)78(68(62-85)98-81)99-80-74(92)71(89)70(88)66(60-83)96-80/h5,7,11,13,17,19,21-22,24-25,27-28,30-31,33-34,56,58,64-68,70-81,83-86,88-94H,3-4,6,8-10,12,14-16,18,20,23,26,29,32,35-55,57,59-63H2,1-2H3,(H,82,87)/b7-5-,13-11-,19-17-,22-21-,25-24-,28-27-,31-30-,34-33-,58-56+. The molecule has 1 amide bonds. The third-order valence-electron chi connectivity index (χ3n) is 18.8. The summed E-state index contributed by atoms with van der Waals surface area (Å²) < 4.78 is 34.4. The van der Waals surface area contributed by atoms with Crippen molar-refractivity contribution >= 4 is 5.91 Å². The van der Waals surface area contributed by atoms with Crippen LogP contribution < -0.4 is 5.32 Å². The lowest BCUT2D eigenvalue weighted by Crippen LogP contribution is -2.66. The fourth-order valence-corrected chi connectivity index (χ4v) is 12.6. The van der Waals surface area contributed by atoms with E-state index in [0.29, 0.717) is 6.42 Å². The van der Waals surface area contributed by atoms with Crippen LogP contribution in [0.25, 0.3) is 0 Å². The highest BCUT2D eigenvalue weighted by atomic mass is 16.8. The van der Waals surface area contributed by atoms with Gasteiger partial charge in [-0.05, 0) is 83.5 Å². The zero-order valence-electron chi connectivity index (χ0n) is 61.4. The molecule has 3 fully saturated rings. The van der Waals surface area contributed by atoms with Crippen LogP contribution in [0.1, 0.15) is 264 Å². The van der Waals surface area contributed by atoms with Crippen molar-refractivity contribution in [2.75, 3.05) is 26.4 Å². The van der Waals surface area contributed by atoms with Gasteiger partial charge in [0.1, 0.15) is 73.2 Å². The highest BCUT2D eigenvalue weighted by molar-refractivity contribution is 5.76. The number of carbonyl (C=O) groups is 1. The molecule has 0 aliphatic carbocycles. The van der Waals surface area contributed by atoms with Crippen LogP contribution in [0.3, 0.4) is 0 Å². The second-order valence-corrected chi connectivity index (χ2v) is 27.4. The number of aliphatic hydroxyl groups excluding tert-OH is 11. The third kappa shape index (κ3) is 40.6. The van der Waals surface area contributed by atoms with E-state index in [1.807, 2.05) is 6.08 Å². The molecule has 0 aromatic carbocycles. The minimum Gasteiger partial charge on any atom is -0.394 e. The monoisotopic (exact) mass is 1410 g/mol. The lowest BCUT2D eigenvalue weighted by Gasteiger charge is -2.48. The Morgan fingerprint density at radius 1 is 0.370 bits per heavy atom. The maximum absolute atomic E-state index is 13.4. The van der Waals surface area contributed by atoms with Crippen LogP contribution in [0, 0.1) is 0 Å². The van der Waals surface area contributed by atoms with E-state index in [9.17, 15) is 61.0 Å². The normalized spacial score (nSPS) is 27.1. The molecule has 12 N–H and O–H groups in total. The number of ether oxygens (including phenoxy) is 6. The number of aliphatic hydroxyl groups is 11. The number of unbranched alkanes of at least 4 members (excludes halogenated alkanes) is 28. The van der Waals surface area contributed by atoms with Gasteiger partial charge in [-0.2, -0.15) is 0 Å². The highest BCUT2D eigenvalue weighted by Crippen LogP contribution is 2.33. The summed E-state index contributed by atoms with van der Waals surface area (Å²) in [6.07, 6.45) is 56.6. The topological polar surface area (TPSA) is 307 Å². The number of allylic oxidation sites excluding steroid dienone is 17. The molecule has 0 saturated carbocycles. The third-order valence-corrected chi connectivity index (χ3v) is 18.8. The number of hydrogen-bond donors (Lipinski definition) is 12. The summed E-state index contributed by atoms with van der Waals surface area (Å²) in [6, 6.07) is -0.977. The number of hydrogen-bond acceptors (Lipinski definition) is 18. The zero-order chi connectivity index (χ0) is 72.5. The molecular formula is C81H139NO18. The molecule has 100 heavy (non-hydrogen) atoms. The molecule has 17 atom stereocenters. The van der Waals surface area contributed by atoms with Crippen LogP contribution in [-0.4, -0.2) is 193 Å². The van der Waals surface area contributed by atoms with Crippen molar-refractivity contribution in [3.63, 3.8) is 0 Å². The molecule has 0 bridgehead atoms. The second kappa shape index (κ2) is 60.7. The van der Waals surface area contributed by atoms with E-state index >= 15 is 0 Å². The minimum absolute atomic E-state index is 0.239. The maximum atomic E-state index is 13.4. The Morgan fingerprint density at radius 3 is 1.08 bits per heavy atom. The van der Waals surface area contributed by atoms with Gasteiger partial charge in [-0.25, -0.2) is 0 Å². The van der Waals surface area contributed by atoms with E-state index in [2.05, 4.69) is 116 Å². The average molecular weight is 1410 g/mol. The Bertz CT molecular complexity index is 2230. The van der Waals surface area contributed by atoms with Gasteiger partial charge in [0, 0.05) is 6.42 Å². The number of amides is 1. The van der Waals surface area contributed by atoms with Crippen molar-refractivity contribution in [2.45, 2.75) is 369 Å². The van der Waals surface area contributed by atoms with Gasteiger partial charge in [-0.1, -0.05) is 284 Å². The lowest BCUT2D eigenvalue weighted by molar-refractivity contribution is -0.379. The molecule has 0 aromatic rings. The molecule has 19 heteroatoms. The summed E-state index contributed by atoms with van der Waals surface area (Å²) in [5.41, 5.74) is 0. The summed E-state index contributed by atoms with van der Waals surface area (Å²) in [4.78, 5) is 13.4. The molecule has 0 radical (unpaired) electrons. The molecule has 3 heterocycles. The van der Waals surface area contributed by atoms with Gasteiger partial charge in [0.2, 0.25) is 5.91 Å². The van der Waals surface area contributed by atoms with Crippen molar-refractivity contribution < 1.29 is 89.4 Å². The van der Waals surface area contributed by atoms with E-state index in [-0.39, 0.29) is 18.9 Å². The van der Waals surface area contributed by atoms with Gasteiger partial charge < -0.3 is 89.9 Å². The summed E-state index contributed by atoms with van der Waals surface area (Å²) in [5.74, 6) is -0.277. The molecular weight excluding hydrogens is 1270 g/mol. The van der Waals surface area contributed by atoms with Gasteiger partial charge >= 0.3 is 0 Å². The molecule has 3 aliphatic heterocycles. The fraction of sp³-hybridized carbons (Fsp3) is 0.765. The largest absolute Gasteiger partial charge is 0.394 e. The van der Waals surface area contributed by atoms with Gasteiger partial charge in [0.15, 0.2) is 18.9 Å². The van der Waals surface area contributed by atoms with Gasteiger partial charge in [-0.15, -0.1) is 0 Å². The Balaban J connectivity index is 1.30. The van der Waals surface area contributed by atoms with Crippen LogP contribution in [0.2, 0.25) is 0 Å². The average Bonchev–Trinajstić information content (AvgIpc) is 0.783. The summed E-state index contributed by atoms with van der Waals surface area (Å²) >= 11 is 0. The molecule has 0 aromatic heterocycles. The summed E-state index contributed by atoms with van der Waals surface area (Å²) in [5, 5.41) is 121. The first-order valence-corrected chi connectivity index (χ1v) is 39.1. The van der Waals surface area contributed by atoms with Gasteiger partial charge in [0.25, 0.3) is 0 Å². The number of rotatable bonds is 60. The Labute approximate surface area is 602 Å². The van der Waals surface area contributed by atoms with Crippen LogP contribution in [0.4, 0.5) is 0 Å².